The molecule has 100 valence electrons. The van der Waals surface area contributed by atoms with E-state index < -0.39 is 0 Å². The van der Waals surface area contributed by atoms with Crippen molar-refractivity contribution >= 4 is 0 Å². The van der Waals surface area contributed by atoms with Gasteiger partial charge < -0.3 is 10.3 Å². The molecular weight excluding hydrogens is 238 g/mol. The number of benzene rings is 1. The third kappa shape index (κ3) is 3.29. The van der Waals surface area contributed by atoms with E-state index in [4.69, 9.17) is 10.3 Å². The van der Waals surface area contributed by atoms with Crippen molar-refractivity contribution in [1.29, 1.82) is 0 Å². The molecule has 0 spiro atoms. The molecule has 4 heteroatoms. The van der Waals surface area contributed by atoms with Crippen LogP contribution in [0.15, 0.2) is 35.4 Å². The first kappa shape index (κ1) is 13.5. The van der Waals surface area contributed by atoms with Crippen molar-refractivity contribution < 1.29 is 4.52 Å². The van der Waals surface area contributed by atoms with Crippen molar-refractivity contribution in [3.63, 3.8) is 0 Å². The minimum absolute atomic E-state index is 0.265. The molecule has 19 heavy (non-hydrogen) atoms. The average molecular weight is 257 g/mol. The van der Waals surface area contributed by atoms with Crippen LogP contribution in [-0.2, 0) is 6.42 Å². The Hall–Kier alpha value is -1.94. The van der Waals surface area contributed by atoms with Gasteiger partial charge in [0.15, 0.2) is 5.82 Å². The monoisotopic (exact) mass is 257 g/mol. The van der Waals surface area contributed by atoms with Gasteiger partial charge in [-0.25, -0.2) is 0 Å². The van der Waals surface area contributed by atoms with Crippen LogP contribution in [0.2, 0.25) is 0 Å². The molecule has 0 aliphatic rings. The largest absolute Gasteiger partial charge is 0.338 e. The van der Waals surface area contributed by atoms with Crippen LogP contribution in [0.3, 0.4) is 0 Å². The Bertz CT molecular complexity index is 575. The van der Waals surface area contributed by atoms with E-state index in [1.54, 1.807) is 6.08 Å². The van der Waals surface area contributed by atoms with Crippen molar-refractivity contribution in [2.45, 2.75) is 32.7 Å². The fraction of sp³-hybridized carbons (Fsp3) is 0.333. The zero-order chi connectivity index (χ0) is 13.8. The molecule has 0 saturated carbocycles. The van der Waals surface area contributed by atoms with E-state index in [1.807, 2.05) is 0 Å². The molecule has 0 fully saturated rings. The fourth-order valence-corrected chi connectivity index (χ4v) is 1.87. The smallest absolute Gasteiger partial charge is 0.243 e. The van der Waals surface area contributed by atoms with Gasteiger partial charge in [0, 0.05) is 6.42 Å². The highest BCUT2D eigenvalue weighted by molar-refractivity contribution is 5.31. The van der Waals surface area contributed by atoms with E-state index >= 15 is 0 Å². The second kappa shape index (κ2) is 5.80. The third-order valence-electron chi connectivity index (χ3n) is 3.16. The van der Waals surface area contributed by atoms with Crippen LogP contribution < -0.4 is 5.73 Å². The summed E-state index contributed by atoms with van der Waals surface area (Å²) < 4.78 is 5.17. The summed E-state index contributed by atoms with van der Waals surface area (Å²) in [6, 6.07) is 6.07. The summed E-state index contributed by atoms with van der Waals surface area (Å²) in [6.45, 7) is 7.84. The Morgan fingerprint density at radius 3 is 2.84 bits per heavy atom. The van der Waals surface area contributed by atoms with Crippen LogP contribution in [0, 0.1) is 13.8 Å². The van der Waals surface area contributed by atoms with Gasteiger partial charge in [0.25, 0.3) is 0 Å². The number of nitrogens with zero attached hydrogens (tertiary/aromatic N) is 2. The standard InChI is InChI=1S/C15H19N3O/c1-4-5-13(16)15-17-14(18-19-15)9-12-7-6-10(2)11(3)8-12/h4,6-8,13H,1,5,9,16H2,2-3H3. The summed E-state index contributed by atoms with van der Waals surface area (Å²) in [7, 11) is 0. The van der Waals surface area contributed by atoms with Crippen LogP contribution in [0.5, 0.6) is 0 Å². The van der Waals surface area contributed by atoms with Gasteiger partial charge in [0.05, 0.1) is 6.04 Å². The summed E-state index contributed by atoms with van der Waals surface area (Å²) >= 11 is 0. The van der Waals surface area contributed by atoms with E-state index in [9.17, 15) is 0 Å². The van der Waals surface area contributed by atoms with E-state index in [1.165, 1.54) is 16.7 Å². The molecule has 1 heterocycles. The second-order valence-corrected chi connectivity index (χ2v) is 4.78. The van der Waals surface area contributed by atoms with Crippen LogP contribution in [0.1, 0.15) is 40.9 Å². The maximum Gasteiger partial charge on any atom is 0.243 e. The Balaban J connectivity index is 2.11. The molecule has 0 aliphatic heterocycles. The van der Waals surface area contributed by atoms with Gasteiger partial charge in [-0.2, -0.15) is 4.98 Å². The lowest BCUT2D eigenvalue weighted by molar-refractivity contribution is 0.352. The van der Waals surface area contributed by atoms with Crippen LogP contribution in [-0.4, -0.2) is 10.1 Å². The molecule has 1 aromatic heterocycles. The molecule has 2 rings (SSSR count). The summed E-state index contributed by atoms with van der Waals surface area (Å²) in [5, 5.41) is 3.97. The van der Waals surface area contributed by atoms with Crippen LogP contribution >= 0.6 is 0 Å². The van der Waals surface area contributed by atoms with Gasteiger partial charge in [-0.3, -0.25) is 0 Å². The van der Waals surface area contributed by atoms with Gasteiger partial charge in [-0.15, -0.1) is 6.58 Å². The van der Waals surface area contributed by atoms with Gasteiger partial charge in [-0.1, -0.05) is 29.4 Å². The van der Waals surface area contributed by atoms with E-state index in [2.05, 4.69) is 48.8 Å². The summed E-state index contributed by atoms with van der Waals surface area (Å²) in [5.41, 5.74) is 9.61. The van der Waals surface area contributed by atoms with Crippen molar-refractivity contribution in [2.24, 2.45) is 5.73 Å². The minimum Gasteiger partial charge on any atom is -0.338 e. The molecular formula is C15H19N3O. The number of rotatable bonds is 5. The second-order valence-electron chi connectivity index (χ2n) is 4.78. The third-order valence-corrected chi connectivity index (χ3v) is 3.16. The molecule has 2 N–H and O–H groups in total. The molecule has 2 aromatic rings. The number of hydrogen-bond acceptors (Lipinski definition) is 4. The first-order valence-corrected chi connectivity index (χ1v) is 6.35. The van der Waals surface area contributed by atoms with Crippen molar-refractivity contribution in [2.75, 3.05) is 0 Å². The highest BCUT2D eigenvalue weighted by Gasteiger charge is 2.13. The van der Waals surface area contributed by atoms with Gasteiger partial charge in [-0.05, 0) is 37.0 Å². The quantitative estimate of drug-likeness (QED) is 0.836. The van der Waals surface area contributed by atoms with E-state index in [-0.39, 0.29) is 6.04 Å². The molecule has 1 atom stereocenters. The summed E-state index contributed by atoms with van der Waals surface area (Å²) in [5.74, 6) is 1.14. The molecule has 0 amide bonds. The summed E-state index contributed by atoms with van der Waals surface area (Å²) in [6.07, 6.45) is 3.04. The first-order chi connectivity index (χ1) is 9.10. The molecule has 0 radical (unpaired) electrons. The van der Waals surface area contributed by atoms with Crippen LogP contribution in [0.4, 0.5) is 0 Å². The Morgan fingerprint density at radius 1 is 1.37 bits per heavy atom. The number of aryl methyl sites for hydroxylation is 2. The Morgan fingerprint density at radius 2 is 2.16 bits per heavy atom. The molecule has 1 aromatic carbocycles. The Labute approximate surface area is 113 Å². The maximum atomic E-state index is 5.89. The highest BCUT2D eigenvalue weighted by atomic mass is 16.5. The average Bonchev–Trinajstić information content (AvgIpc) is 2.83. The van der Waals surface area contributed by atoms with E-state index in [0.717, 1.165) is 0 Å². The lowest BCUT2D eigenvalue weighted by Crippen LogP contribution is -2.09. The van der Waals surface area contributed by atoms with Crippen LogP contribution in [0.25, 0.3) is 0 Å². The normalized spacial score (nSPS) is 12.4. The van der Waals surface area contributed by atoms with Crippen molar-refractivity contribution in [1.82, 2.24) is 10.1 Å². The highest BCUT2D eigenvalue weighted by Crippen LogP contribution is 2.15. The van der Waals surface area contributed by atoms with Gasteiger partial charge in [0.2, 0.25) is 5.89 Å². The topological polar surface area (TPSA) is 64.9 Å². The first-order valence-electron chi connectivity index (χ1n) is 6.35. The van der Waals surface area contributed by atoms with Gasteiger partial charge >= 0.3 is 0 Å². The number of aromatic nitrogens is 2. The number of hydrogen-bond donors (Lipinski definition) is 1. The predicted molar refractivity (Wildman–Crippen MR) is 74.8 cm³/mol. The zero-order valence-electron chi connectivity index (χ0n) is 11.4. The van der Waals surface area contributed by atoms with Gasteiger partial charge in [0.1, 0.15) is 0 Å². The zero-order valence-corrected chi connectivity index (χ0v) is 11.4. The summed E-state index contributed by atoms with van der Waals surface area (Å²) in [4.78, 5) is 4.33. The molecule has 1 unspecified atom stereocenters. The lowest BCUT2D eigenvalue weighted by atomic mass is 10.0. The van der Waals surface area contributed by atoms with Crippen molar-refractivity contribution in [3.8, 4) is 0 Å². The predicted octanol–water partition coefficient (Wildman–Crippen LogP) is 2.85. The fourth-order valence-electron chi connectivity index (χ4n) is 1.87. The molecule has 0 saturated heterocycles. The molecule has 0 aliphatic carbocycles. The van der Waals surface area contributed by atoms with Crippen molar-refractivity contribution in [3.05, 3.63) is 59.3 Å². The molecule has 4 nitrogen and oxygen atoms in total. The van der Waals surface area contributed by atoms with E-state index in [0.29, 0.717) is 24.6 Å². The minimum atomic E-state index is -0.265. The maximum absolute atomic E-state index is 5.89. The lowest BCUT2D eigenvalue weighted by Gasteiger charge is -2.02. The molecule has 0 bridgehead atoms. The Kier molecular flexibility index (Phi) is 4.12. The SMILES string of the molecule is C=CCC(N)c1nc(Cc2ccc(C)c(C)c2)no1. The number of nitrogens with two attached hydrogens (primary N) is 1.